The maximum Gasteiger partial charge on any atom is 0.0364 e. The average molecular weight is 154 g/mol. The quantitative estimate of drug-likeness (QED) is 0.483. The number of aliphatic hydroxyl groups excluding tert-OH is 1. The summed E-state index contributed by atoms with van der Waals surface area (Å²) in [5.74, 6) is 0. The van der Waals surface area contributed by atoms with Crippen molar-refractivity contribution in [3.8, 4) is 0 Å². The molecule has 62 valence electrons. The Labute approximate surface area is 66.6 Å². The Balaban J connectivity index is 0.000000461. The van der Waals surface area contributed by atoms with Crippen LogP contribution in [0, 0.1) is 6.92 Å². The highest BCUT2D eigenvalue weighted by Crippen LogP contribution is 2.13. The third-order valence-corrected chi connectivity index (χ3v) is 1.30. The molecule has 0 saturated carbocycles. The Kier molecular flexibility index (Phi) is 4.07. The number of aryl methyl sites for hydroxylation is 1. The smallest absolute Gasteiger partial charge is 0.0364 e. The van der Waals surface area contributed by atoms with Gasteiger partial charge < -0.3 is 16.6 Å². The molecule has 0 saturated heterocycles. The van der Waals surface area contributed by atoms with Crippen molar-refractivity contribution in [2.75, 3.05) is 18.6 Å². The van der Waals surface area contributed by atoms with Gasteiger partial charge in [-0.15, -0.1) is 0 Å². The lowest BCUT2D eigenvalue weighted by Gasteiger charge is -1.98. The predicted molar refractivity (Wildman–Crippen MR) is 48.1 cm³/mol. The van der Waals surface area contributed by atoms with Crippen molar-refractivity contribution < 1.29 is 5.11 Å². The van der Waals surface area contributed by atoms with E-state index in [1.807, 2.05) is 19.1 Å². The van der Waals surface area contributed by atoms with Gasteiger partial charge in [-0.1, -0.05) is 6.07 Å². The van der Waals surface area contributed by atoms with Gasteiger partial charge in [-0.3, -0.25) is 0 Å². The van der Waals surface area contributed by atoms with Crippen LogP contribution < -0.4 is 11.5 Å². The lowest BCUT2D eigenvalue weighted by molar-refractivity contribution is 0.399. The minimum absolute atomic E-state index is 0.720. The number of rotatable bonds is 0. The Bertz CT molecular complexity index is 223. The molecule has 0 unspecified atom stereocenters. The average Bonchev–Trinajstić information content (AvgIpc) is 2.02. The van der Waals surface area contributed by atoms with Gasteiger partial charge in [-0.05, 0) is 24.6 Å². The van der Waals surface area contributed by atoms with Crippen LogP contribution in [0.15, 0.2) is 18.2 Å². The van der Waals surface area contributed by atoms with Crippen molar-refractivity contribution in [2.45, 2.75) is 6.92 Å². The fourth-order valence-corrected chi connectivity index (χ4v) is 0.659. The van der Waals surface area contributed by atoms with Gasteiger partial charge >= 0.3 is 0 Å². The van der Waals surface area contributed by atoms with E-state index < -0.39 is 0 Å². The second kappa shape index (κ2) is 4.57. The maximum atomic E-state index is 7.00. The number of anilines is 2. The standard InChI is InChI=1S/C7H10N2.CH4O/c1-5-2-3-6(8)4-7(5)9;1-2/h2-4H,8-9H2,1H3;2H,1H3. The number of nitrogens with two attached hydrogens (primary N) is 2. The van der Waals surface area contributed by atoms with Gasteiger partial charge in [0.25, 0.3) is 0 Å². The molecule has 3 nitrogen and oxygen atoms in total. The highest BCUT2D eigenvalue weighted by molar-refractivity contribution is 5.55. The Morgan fingerprint density at radius 3 is 2.09 bits per heavy atom. The molecule has 0 radical (unpaired) electrons. The Hall–Kier alpha value is -1.22. The van der Waals surface area contributed by atoms with Crippen LogP contribution >= 0.6 is 0 Å². The van der Waals surface area contributed by atoms with Crippen molar-refractivity contribution in [3.05, 3.63) is 23.8 Å². The highest BCUT2D eigenvalue weighted by atomic mass is 16.2. The van der Waals surface area contributed by atoms with Gasteiger partial charge in [0, 0.05) is 18.5 Å². The predicted octanol–water partition coefficient (Wildman–Crippen LogP) is 0.768. The van der Waals surface area contributed by atoms with Crippen molar-refractivity contribution in [1.29, 1.82) is 0 Å². The molecule has 0 amide bonds. The minimum atomic E-state index is 0.720. The monoisotopic (exact) mass is 154 g/mol. The lowest BCUT2D eigenvalue weighted by atomic mass is 10.2. The molecule has 0 aliphatic rings. The summed E-state index contributed by atoms with van der Waals surface area (Å²) < 4.78 is 0. The first-order valence-electron chi connectivity index (χ1n) is 3.26. The van der Waals surface area contributed by atoms with Crippen LogP contribution in [0.3, 0.4) is 0 Å². The van der Waals surface area contributed by atoms with E-state index in [4.69, 9.17) is 16.6 Å². The van der Waals surface area contributed by atoms with Gasteiger partial charge in [0.1, 0.15) is 0 Å². The zero-order chi connectivity index (χ0) is 8.85. The summed E-state index contributed by atoms with van der Waals surface area (Å²) in [5.41, 5.74) is 13.5. The second-order valence-corrected chi connectivity index (χ2v) is 2.12. The van der Waals surface area contributed by atoms with Gasteiger partial charge in [0.15, 0.2) is 0 Å². The Morgan fingerprint density at radius 2 is 1.73 bits per heavy atom. The molecule has 3 heteroatoms. The fraction of sp³-hybridized carbons (Fsp3) is 0.250. The van der Waals surface area contributed by atoms with E-state index in [0.717, 1.165) is 24.0 Å². The van der Waals surface area contributed by atoms with Crippen LogP contribution in [0.5, 0.6) is 0 Å². The maximum absolute atomic E-state index is 7.00. The van der Waals surface area contributed by atoms with Gasteiger partial charge in [-0.2, -0.15) is 0 Å². The summed E-state index contributed by atoms with van der Waals surface area (Å²) >= 11 is 0. The van der Waals surface area contributed by atoms with Gasteiger partial charge in [-0.25, -0.2) is 0 Å². The van der Waals surface area contributed by atoms with Crippen molar-refractivity contribution in [3.63, 3.8) is 0 Å². The first-order chi connectivity index (χ1) is 5.20. The van der Waals surface area contributed by atoms with Crippen molar-refractivity contribution in [2.24, 2.45) is 0 Å². The molecule has 1 aromatic carbocycles. The molecule has 0 aliphatic carbocycles. The molecule has 1 aromatic rings. The van der Waals surface area contributed by atoms with Crippen molar-refractivity contribution in [1.82, 2.24) is 0 Å². The largest absolute Gasteiger partial charge is 0.400 e. The number of hydrogen-bond donors (Lipinski definition) is 3. The van der Waals surface area contributed by atoms with E-state index in [-0.39, 0.29) is 0 Å². The molecule has 1 rings (SSSR count). The molecule has 0 aliphatic heterocycles. The summed E-state index contributed by atoms with van der Waals surface area (Å²) in [6, 6.07) is 5.51. The molecule has 0 fully saturated rings. The molecular weight excluding hydrogens is 140 g/mol. The normalized spacial score (nSPS) is 8.27. The summed E-state index contributed by atoms with van der Waals surface area (Å²) in [6.07, 6.45) is 0. The van der Waals surface area contributed by atoms with E-state index >= 15 is 0 Å². The zero-order valence-electron chi connectivity index (χ0n) is 6.83. The molecule has 11 heavy (non-hydrogen) atoms. The van der Waals surface area contributed by atoms with Crippen LogP contribution in [-0.4, -0.2) is 12.2 Å². The number of nitrogen functional groups attached to an aromatic ring is 2. The SMILES string of the molecule is CO.Cc1ccc(N)cc1N. The first kappa shape index (κ1) is 9.78. The third kappa shape index (κ3) is 2.91. The van der Waals surface area contributed by atoms with Gasteiger partial charge in [0.2, 0.25) is 0 Å². The zero-order valence-corrected chi connectivity index (χ0v) is 6.83. The van der Waals surface area contributed by atoms with Crippen molar-refractivity contribution >= 4 is 11.4 Å². The van der Waals surface area contributed by atoms with E-state index in [9.17, 15) is 0 Å². The van der Waals surface area contributed by atoms with Crippen LogP contribution in [0.25, 0.3) is 0 Å². The Morgan fingerprint density at radius 1 is 1.18 bits per heavy atom. The summed E-state index contributed by atoms with van der Waals surface area (Å²) in [6.45, 7) is 1.95. The molecule has 5 N–H and O–H groups in total. The molecule has 0 heterocycles. The van der Waals surface area contributed by atoms with Crippen LogP contribution in [0.2, 0.25) is 0 Å². The van der Waals surface area contributed by atoms with Crippen LogP contribution in [0.1, 0.15) is 5.56 Å². The highest BCUT2D eigenvalue weighted by Gasteiger charge is 1.90. The fourth-order valence-electron chi connectivity index (χ4n) is 0.659. The summed E-state index contributed by atoms with van der Waals surface area (Å²) in [4.78, 5) is 0. The van der Waals surface area contributed by atoms with Crippen LogP contribution in [0.4, 0.5) is 11.4 Å². The molecular formula is C8H14N2O. The molecule has 0 bridgehead atoms. The summed E-state index contributed by atoms with van der Waals surface area (Å²) in [5, 5.41) is 7.00. The van der Waals surface area contributed by atoms with E-state index in [1.165, 1.54) is 0 Å². The topological polar surface area (TPSA) is 72.3 Å². The number of hydrogen-bond acceptors (Lipinski definition) is 3. The number of benzene rings is 1. The molecule has 0 spiro atoms. The number of aliphatic hydroxyl groups is 1. The first-order valence-corrected chi connectivity index (χ1v) is 3.26. The van der Waals surface area contributed by atoms with E-state index in [1.54, 1.807) is 6.07 Å². The van der Waals surface area contributed by atoms with E-state index in [2.05, 4.69) is 0 Å². The third-order valence-electron chi connectivity index (χ3n) is 1.30. The lowest BCUT2D eigenvalue weighted by Crippen LogP contribution is -1.91. The van der Waals surface area contributed by atoms with Gasteiger partial charge in [0.05, 0.1) is 0 Å². The molecule has 0 atom stereocenters. The second-order valence-electron chi connectivity index (χ2n) is 2.12. The van der Waals surface area contributed by atoms with Crippen LogP contribution in [-0.2, 0) is 0 Å². The minimum Gasteiger partial charge on any atom is -0.400 e. The van der Waals surface area contributed by atoms with E-state index in [0.29, 0.717) is 0 Å². The summed E-state index contributed by atoms with van der Waals surface area (Å²) in [7, 11) is 1.00. The molecule has 0 aromatic heterocycles.